The molecule has 4 nitrogen and oxygen atoms in total. The molecule has 0 saturated carbocycles. The van der Waals surface area contributed by atoms with E-state index in [1.54, 1.807) is 7.11 Å². The van der Waals surface area contributed by atoms with Gasteiger partial charge in [-0.25, -0.2) is 0 Å². The lowest BCUT2D eigenvalue weighted by Gasteiger charge is -2.15. The number of nitrogens with zero attached hydrogens (tertiary/aromatic N) is 1. The maximum atomic E-state index is 11.7. The van der Waals surface area contributed by atoms with Crippen molar-refractivity contribution in [3.8, 4) is 0 Å². The molecule has 0 unspecified atom stereocenters. The molecule has 112 valence electrons. The van der Waals surface area contributed by atoms with Crippen LogP contribution in [0, 0.1) is 0 Å². The number of carbonyl (C=O) groups is 1. The highest BCUT2D eigenvalue weighted by Gasteiger charge is 2.05. The number of hydrogen-bond donors (Lipinski definition) is 1. The van der Waals surface area contributed by atoms with Gasteiger partial charge in [-0.2, -0.15) is 0 Å². The number of methoxy groups -OCH3 is 1. The number of amides is 1. The summed E-state index contributed by atoms with van der Waals surface area (Å²) in [4.78, 5) is 13.7. The summed E-state index contributed by atoms with van der Waals surface area (Å²) in [7, 11) is 3.62. The molecule has 0 aromatic heterocycles. The van der Waals surface area contributed by atoms with Gasteiger partial charge in [0.2, 0.25) is 5.91 Å². The van der Waals surface area contributed by atoms with Crippen LogP contribution in [0.3, 0.4) is 0 Å². The summed E-state index contributed by atoms with van der Waals surface area (Å²) in [5.74, 6) is 0.0545. The first-order valence-corrected chi connectivity index (χ1v) is 7.18. The molecular formula is C15H23ClN2O2. The third-order valence-electron chi connectivity index (χ3n) is 2.95. The summed E-state index contributed by atoms with van der Waals surface area (Å²) in [6, 6.07) is 7.68. The minimum Gasteiger partial charge on any atom is -0.385 e. The fraction of sp³-hybridized carbons (Fsp3) is 0.533. The second-order valence-electron chi connectivity index (χ2n) is 4.81. The molecule has 0 fully saturated rings. The SMILES string of the molecule is COCCCN(C)CC(=O)NCCc1ccc(Cl)cc1. The Morgan fingerprint density at radius 3 is 2.70 bits per heavy atom. The van der Waals surface area contributed by atoms with E-state index in [-0.39, 0.29) is 5.91 Å². The van der Waals surface area contributed by atoms with E-state index in [1.165, 1.54) is 5.56 Å². The molecule has 0 heterocycles. The average Bonchev–Trinajstić information content (AvgIpc) is 2.41. The fourth-order valence-electron chi connectivity index (χ4n) is 1.86. The first kappa shape index (κ1) is 17.0. The van der Waals surface area contributed by atoms with Gasteiger partial charge < -0.3 is 10.1 Å². The van der Waals surface area contributed by atoms with Crippen LogP contribution in [0.25, 0.3) is 0 Å². The molecule has 0 saturated heterocycles. The van der Waals surface area contributed by atoms with E-state index in [0.717, 1.165) is 31.0 Å². The Bertz CT molecular complexity index is 395. The molecule has 20 heavy (non-hydrogen) atoms. The Labute approximate surface area is 126 Å². The van der Waals surface area contributed by atoms with Crippen LogP contribution >= 0.6 is 11.6 Å². The van der Waals surface area contributed by atoms with Gasteiger partial charge >= 0.3 is 0 Å². The van der Waals surface area contributed by atoms with Crippen LogP contribution in [-0.2, 0) is 16.0 Å². The lowest BCUT2D eigenvalue weighted by molar-refractivity contribution is -0.121. The Morgan fingerprint density at radius 2 is 2.05 bits per heavy atom. The number of rotatable bonds is 9. The second-order valence-corrected chi connectivity index (χ2v) is 5.25. The van der Waals surface area contributed by atoms with Crippen LogP contribution in [0.5, 0.6) is 0 Å². The van der Waals surface area contributed by atoms with Gasteiger partial charge in [-0.3, -0.25) is 9.69 Å². The predicted molar refractivity (Wildman–Crippen MR) is 82.2 cm³/mol. The number of likely N-dealkylation sites (N-methyl/N-ethyl adjacent to an activating group) is 1. The van der Waals surface area contributed by atoms with Gasteiger partial charge in [0.05, 0.1) is 6.54 Å². The van der Waals surface area contributed by atoms with Gasteiger partial charge in [0, 0.05) is 31.8 Å². The van der Waals surface area contributed by atoms with Crippen molar-refractivity contribution in [1.82, 2.24) is 10.2 Å². The quantitative estimate of drug-likeness (QED) is 0.709. The highest BCUT2D eigenvalue weighted by Crippen LogP contribution is 2.09. The van der Waals surface area contributed by atoms with Crippen molar-refractivity contribution in [2.45, 2.75) is 12.8 Å². The zero-order chi connectivity index (χ0) is 14.8. The zero-order valence-corrected chi connectivity index (χ0v) is 12.9. The fourth-order valence-corrected chi connectivity index (χ4v) is 1.98. The molecule has 0 atom stereocenters. The van der Waals surface area contributed by atoms with Crippen LogP contribution in [0.15, 0.2) is 24.3 Å². The number of hydrogen-bond acceptors (Lipinski definition) is 3. The number of nitrogens with one attached hydrogen (secondary N) is 1. The molecule has 0 aliphatic carbocycles. The summed E-state index contributed by atoms with van der Waals surface area (Å²) in [5, 5.41) is 3.65. The summed E-state index contributed by atoms with van der Waals surface area (Å²) >= 11 is 5.82. The van der Waals surface area contributed by atoms with E-state index >= 15 is 0 Å². The molecule has 0 radical (unpaired) electrons. The largest absolute Gasteiger partial charge is 0.385 e. The van der Waals surface area contributed by atoms with E-state index in [1.807, 2.05) is 36.2 Å². The number of carbonyl (C=O) groups excluding carboxylic acids is 1. The number of halogens is 1. The van der Waals surface area contributed by atoms with Crippen LogP contribution in [0.1, 0.15) is 12.0 Å². The van der Waals surface area contributed by atoms with E-state index in [0.29, 0.717) is 13.1 Å². The molecule has 5 heteroatoms. The molecule has 0 bridgehead atoms. The van der Waals surface area contributed by atoms with Crippen LogP contribution < -0.4 is 5.32 Å². The Balaban J connectivity index is 2.14. The first-order valence-electron chi connectivity index (χ1n) is 6.80. The van der Waals surface area contributed by atoms with Crippen LogP contribution in [0.4, 0.5) is 0 Å². The lowest BCUT2D eigenvalue weighted by atomic mass is 10.1. The Hall–Kier alpha value is -1.10. The summed E-state index contributed by atoms with van der Waals surface area (Å²) in [5.41, 5.74) is 1.17. The predicted octanol–water partition coefficient (Wildman–Crippen LogP) is 1.97. The standard InChI is InChI=1S/C15H23ClN2O2/c1-18(10-3-11-20-2)12-15(19)17-9-8-13-4-6-14(16)7-5-13/h4-7H,3,8-12H2,1-2H3,(H,17,19). The van der Waals surface area contributed by atoms with E-state index < -0.39 is 0 Å². The average molecular weight is 299 g/mol. The first-order chi connectivity index (χ1) is 9.61. The molecule has 1 aromatic rings. The van der Waals surface area contributed by atoms with Gasteiger partial charge in [0.15, 0.2) is 0 Å². The summed E-state index contributed by atoms with van der Waals surface area (Å²) in [6.07, 6.45) is 1.75. The van der Waals surface area contributed by atoms with Crippen molar-refractivity contribution in [2.24, 2.45) is 0 Å². The molecular weight excluding hydrogens is 276 g/mol. The minimum atomic E-state index is 0.0545. The highest BCUT2D eigenvalue weighted by atomic mass is 35.5. The monoisotopic (exact) mass is 298 g/mol. The summed E-state index contributed by atoms with van der Waals surface area (Å²) in [6.45, 7) is 2.65. The molecule has 0 aliphatic heterocycles. The third-order valence-corrected chi connectivity index (χ3v) is 3.20. The lowest BCUT2D eigenvalue weighted by Crippen LogP contribution is -2.36. The summed E-state index contributed by atoms with van der Waals surface area (Å²) < 4.78 is 4.98. The topological polar surface area (TPSA) is 41.6 Å². The van der Waals surface area contributed by atoms with E-state index in [4.69, 9.17) is 16.3 Å². The number of ether oxygens (including phenoxy) is 1. The Morgan fingerprint density at radius 1 is 1.35 bits per heavy atom. The minimum absolute atomic E-state index is 0.0545. The van der Waals surface area contributed by atoms with Crippen molar-refractivity contribution in [3.63, 3.8) is 0 Å². The maximum absolute atomic E-state index is 11.7. The molecule has 0 spiro atoms. The van der Waals surface area contributed by atoms with E-state index in [9.17, 15) is 4.79 Å². The van der Waals surface area contributed by atoms with Crippen LogP contribution in [0.2, 0.25) is 5.02 Å². The number of benzene rings is 1. The maximum Gasteiger partial charge on any atom is 0.234 e. The molecule has 1 rings (SSSR count). The normalized spacial score (nSPS) is 10.8. The second kappa shape index (κ2) is 9.75. The van der Waals surface area contributed by atoms with Gasteiger partial charge in [-0.1, -0.05) is 23.7 Å². The van der Waals surface area contributed by atoms with E-state index in [2.05, 4.69) is 5.32 Å². The third kappa shape index (κ3) is 7.48. The van der Waals surface area contributed by atoms with Crippen molar-refractivity contribution < 1.29 is 9.53 Å². The van der Waals surface area contributed by atoms with Crippen molar-refractivity contribution in [3.05, 3.63) is 34.9 Å². The highest BCUT2D eigenvalue weighted by molar-refractivity contribution is 6.30. The van der Waals surface area contributed by atoms with Gasteiger partial charge in [0.1, 0.15) is 0 Å². The molecule has 1 amide bonds. The van der Waals surface area contributed by atoms with Gasteiger partial charge in [0.25, 0.3) is 0 Å². The van der Waals surface area contributed by atoms with Crippen molar-refractivity contribution in [1.29, 1.82) is 0 Å². The zero-order valence-electron chi connectivity index (χ0n) is 12.2. The van der Waals surface area contributed by atoms with Gasteiger partial charge in [-0.15, -0.1) is 0 Å². The molecule has 1 N–H and O–H groups in total. The van der Waals surface area contributed by atoms with Gasteiger partial charge in [-0.05, 0) is 37.6 Å². The molecule has 0 aliphatic rings. The van der Waals surface area contributed by atoms with Crippen LogP contribution in [-0.4, -0.2) is 51.2 Å². The molecule has 1 aromatic carbocycles. The smallest absolute Gasteiger partial charge is 0.234 e. The van der Waals surface area contributed by atoms with Crippen molar-refractivity contribution >= 4 is 17.5 Å². The Kier molecular flexibility index (Phi) is 8.26. The van der Waals surface area contributed by atoms with Crippen molar-refractivity contribution in [2.75, 3.05) is 40.4 Å².